The molecular formula is C23H22F2N4O3. The third-order valence-corrected chi connectivity index (χ3v) is 7.29. The second kappa shape index (κ2) is 6.46. The second-order valence-electron chi connectivity index (χ2n) is 9.30. The van der Waals surface area contributed by atoms with E-state index in [0.29, 0.717) is 30.9 Å². The number of fused-ring (bicyclic) bond motifs is 2. The van der Waals surface area contributed by atoms with Crippen molar-refractivity contribution >= 4 is 17.7 Å². The van der Waals surface area contributed by atoms with Crippen LogP contribution in [0.5, 0.6) is 0 Å². The van der Waals surface area contributed by atoms with Gasteiger partial charge in [0.1, 0.15) is 5.82 Å². The lowest BCUT2D eigenvalue weighted by molar-refractivity contribution is -0.134. The minimum atomic E-state index is -2.68. The van der Waals surface area contributed by atoms with Crippen LogP contribution in [0.15, 0.2) is 36.8 Å². The summed E-state index contributed by atoms with van der Waals surface area (Å²) in [7, 11) is 0. The number of likely N-dealkylation sites (tertiary alicyclic amines) is 1. The van der Waals surface area contributed by atoms with E-state index in [1.54, 1.807) is 34.3 Å². The quantitative estimate of drug-likeness (QED) is 0.684. The standard InChI is InChI=1S/C23H22F2N4O3/c24-23(25)7-10-28(14-23)18-2-1-15(11-27-18)21(4-5-21)20(31)29-9-6-22(13-29)17-3-8-26-12-16(17)19(30)32-22/h1-3,8,11-12H,4-7,9-10,13-14H2. The number of hydrogen-bond donors (Lipinski definition) is 0. The van der Waals surface area contributed by atoms with Crippen molar-refractivity contribution in [2.24, 2.45) is 0 Å². The van der Waals surface area contributed by atoms with Crippen molar-refractivity contribution in [3.05, 3.63) is 53.5 Å². The molecule has 1 atom stereocenters. The van der Waals surface area contributed by atoms with E-state index >= 15 is 0 Å². The van der Waals surface area contributed by atoms with Gasteiger partial charge >= 0.3 is 5.97 Å². The number of carbonyl (C=O) groups excluding carboxylic acids is 2. The molecule has 2 aromatic heterocycles. The van der Waals surface area contributed by atoms with Gasteiger partial charge in [0.25, 0.3) is 5.92 Å². The Morgan fingerprint density at radius 2 is 1.88 bits per heavy atom. The van der Waals surface area contributed by atoms with E-state index in [0.717, 1.165) is 24.0 Å². The van der Waals surface area contributed by atoms with Gasteiger partial charge in [-0.25, -0.2) is 18.6 Å². The van der Waals surface area contributed by atoms with Gasteiger partial charge in [-0.3, -0.25) is 9.78 Å². The van der Waals surface area contributed by atoms with Crippen molar-refractivity contribution in [1.29, 1.82) is 0 Å². The molecule has 6 rings (SSSR count). The fourth-order valence-electron chi connectivity index (χ4n) is 5.34. The number of carbonyl (C=O) groups is 2. The summed E-state index contributed by atoms with van der Waals surface area (Å²) >= 11 is 0. The lowest BCUT2D eigenvalue weighted by Crippen LogP contribution is -2.40. The molecule has 5 heterocycles. The average Bonchev–Trinajstić information content (AvgIpc) is 3.25. The van der Waals surface area contributed by atoms with Gasteiger partial charge in [-0.15, -0.1) is 0 Å². The molecular weight excluding hydrogens is 418 g/mol. The Balaban J connectivity index is 1.21. The highest BCUT2D eigenvalue weighted by molar-refractivity contribution is 5.95. The summed E-state index contributed by atoms with van der Waals surface area (Å²) in [6.45, 7) is 0.776. The SMILES string of the molecule is O=C1OC2(CCN(C(=O)C3(c4ccc(N5CCC(F)(F)C5)nc4)CC3)C2)c2ccncc21. The van der Waals surface area contributed by atoms with Crippen LogP contribution in [-0.4, -0.2) is 58.8 Å². The lowest BCUT2D eigenvalue weighted by atomic mass is 9.92. The first-order valence-corrected chi connectivity index (χ1v) is 10.9. The van der Waals surface area contributed by atoms with Crippen molar-refractivity contribution in [1.82, 2.24) is 14.9 Å². The first-order valence-electron chi connectivity index (χ1n) is 10.9. The van der Waals surface area contributed by atoms with Crippen molar-refractivity contribution < 1.29 is 23.1 Å². The van der Waals surface area contributed by atoms with Gasteiger partial charge in [-0.1, -0.05) is 6.07 Å². The topological polar surface area (TPSA) is 75.6 Å². The Morgan fingerprint density at radius 3 is 2.56 bits per heavy atom. The van der Waals surface area contributed by atoms with Gasteiger partial charge in [0, 0.05) is 50.1 Å². The minimum absolute atomic E-state index is 0.00943. The first kappa shape index (κ1) is 19.6. The average molecular weight is 440 g/mol. The summed E-state index contributed by atoms with van der Waals surface area (Å²) in [5.41, 5.74) is 0.646. The fraction of sp³-hybridized carbons (Fsp3) is 0.478. The van der Waals surface area contributed by atoms with E-state index in [9.17, 15) is 18.4 Å². The van der Waals surface area contributed by atoms with Gasteiger partial charge in [0.2, 0.25) is 5.91 Å². The van der Waals surface area contributed by atoms with Crippen LogP contribution in [0.1, 0.15) is 47.2 Å². The van der Waals surface area contributed by atoms with Crippen LogP contribution in [0.2, 0.25) is 0 Å². The highest BCUT2D eigenvalue weighted by atomic mass is 19.3. The third-order valence-electron chi connectivity index (χ3n) is 7.29. The number of esters is 1. The predicted molar refractivity (Wildman–Crippen MR) is 109 cm³/mol. The van der Waals surface area contributed by atoms with Crippen LogP contribution >= 0.6 is 0 Å². The Kier molecular flexibility index (Phi) is 3.95. The molecule has 7 nitrogen and oxygen atoms in total. The molecule has 9 heteroatoms. The van der Waals surface area contributed by atoms with E-state index in [1.807, 2.05) is 6.07 Å². The molecule has 0 aromatic carbocycles. The maximum Gasteiger partial charge on any atom is 0.341 e. The predicted octanol–water partition coefficient (Wildman–Crippen LogP) is 2.65. The molecule has 0 radical (unpaired) electrons. The smallest absolute Gasteiger partial charge is 0.341 e. The van der Waals surface area contributed by atoms with Crippen LogP contribution in [-0.2, 0) is 20.5 Å². The van der Waals surface area contributed by atoms with Gasteiger partial charge < -0.3 is 14.5 Å². The molecule has 4 aliphatic rings. The summed E-state index contributed by atoms with van der Waals surface area (Å²) in [6.07, 6.45) is 6.63. The maximum atomic E-state index is 13.5. The van der Waals surface area contributed by atoms with E-state index < -0.39 is 22.9 Å². The van der Waals surface area contributed by atoms with Crippen molar-refractivity contribution in [3.63, 3.8) is 0 Å². The van der Waals surface area contributed by atoms with Crippen LogP contribution in [0.3, 0.4) is 0 Å². The largest absolute Gasteiger partial charge is 0.449 e. The van der Waals surface area contributed by atoms with Gasteiger partial charge in [0.15, 0.2) is 5.60 Å². The molecule has 1 unspecified atom stereocenters. The molecule has 1 aliphatic carbocycles. The summed E-state index contributed by atoms with van der Waals surface area (Å²) in [5, 5.41) is 0. The number of pyridine rings is 2. The van der Waals surface area contributed by atoms with Crippen molar-refractivity contribution in [2.75, 3.05) is 31.1 Å². The molecule has 0 N–H and O–H groups in total. The third kappa shape index (κ3) is 2.83. The fourth-order valence-corrected chi connectivity index (χ4v) is 5.34. The Hall–Kier alpha value is -3.10. The summed E-state index contributed by atoms with van der Waals surface area (Å²) in [6, 6.07) is 5.37. The molecule has 1 saturated carbocycles. The number of nitrogens with zero attached hydrogens (tertiary/aromatic N) is 4. The molecule has 1 spiro atoms. The van der Waals surface area contributed by atoms with Crippen LogP contribution in [0.4, 0.5) is 14.6 Å². The molecule has 1 amide bonds. The number of amides is 1. The van der Waals surface area contributed by atoms with Gasteiger partial charge in [-0.2, -0.15) is 0 Å². The molecule has 166 valence electrons. The van der Waals surface area contributed by atoms with E-state index in [1.165, 1.54) is 6.20 Å². The summed E-state index contributed by atoms with van der Waals surface area (Å²) in [4.78, 5) is 37.6. The van der Waals surface area contributed by atoms with E-state index in [4.69, 9.17) is 4.74 Å². The molecule has 3 fully saturated rings. The maximum absolute atomic E-state index is 13.5. The van der Waals surface area contributed by atoms with Crippen molar-refractivity contribution in [3.8, 4) is 0 Å². The Bertz CT molecular complexity index is 1120. The number of anilines is 1. The monoisotopic (exact) mass is 440 g/mol. The molecule has 2 saturated heterocycles. The highest BCUT2D eigenvalue weighted by Crippen LogP contribution is 2.52. The normalized spacial score (nSPS) is 27.0. The molecule has 3 aliphatic heterocycles. The number of halogens is 2. The summed E-state index contributed by atoms with van der Waals surface area (Å²) < 4.78 is 32.8. The lowest BCUT2D eigenvalue weighted by Gasteiger charge is -2.27. The minimum Gasteiger partial charge on any atom is -0.449 e. The van der Waals surface area contributed by atoms with Crippen LogP contribution in [0.25, 0.3) is 0 Å². The zero-order valence-electron chi connectivity index (χ0n) is 17.4. The summed E-state index contributed by atoms with van der Waals surface area (Å²) in [5.74, 6) is -2.55. The first-order chi connectivity index (χ1) is 15.3. The Morgan fingerprint density at radius 1 is 1.03 bits per heavy atom. The number of hydrogen-bond acceptors (Lipinski definition) is 6. The zero-order chi connectivity index (χ0) is 22.1. The highest BCUT2D eigenvalue weighted by Gasteiger charge is 2.58. The number of aromatic nitrogens is 2. The van der Waals surface area contributed by atoms with Crippen LogP contribution < -0.4 is 4.90 Å². The molecule has 2 aromatic rings. The molecule has 32 heavy (non-hydrogen) atoms. The second-order valence-corrected chi connectivity index (χ2v) is 9.30. The van der Waals surface area contributed by atoms with E-state index in [-0.39, 0.29) is 25.4 Å². The Labute approximate surface area is 183 Å². The van der Waals surface area contributed by atoms with Gasteiger partial charge in [-0.05, 0) is 30.5 Å². The van der Waals surface area contributed by atoms with Crippen LogP contribution in [0, 0.1) is 0 Å². The van der Waals surface area contributed by atoms with E-state index in [2.05, 4.69) is 9.97 Å². The number of alkyl halides is 2. The number of ether oxygens (including phenoxy) is 1. The van der Waals surface area contributed by atoms with Crippen molar-refractivity contribution in [2.45, 2.75) is 42.6 Å². The van der Waals surface area contributed by atoms with Gasteiger partial charge in [0.05, 0.1) is 24.1 Å². The number of rotatable bonds is 3. The zero-order valence-corrected chi connectivity index (χ0v) is 17.4. The molecule has 0 bridgehead atoms.